The Morgan fingerprint density at radius 1 is 1.28 bits per heavy atom. The molecule has 4 heteroatoms. The summed E-state index contributed by atoms with van der Waals surface area (Å²) >= 11 is 0. The van der Waals surface area contributed by atoms with Crippen molar-refractivity contribution in [2.24, 2.45) is 7.05 Å². The third-order valence-corrected chi connectivity index (χ3v) is 3.10. The van der Waals surface area contributed by atoms with Gasteiger partial charge < -0.3 is 10.2 Å². The summed E-state index contributed by atoms with van der Waals surface area (Å²) in [5, 5.41) is 7.55. The van der Waals surface area contributed by atoms with Crippen LogP contribution in [0, 0.1) is 0 Å². The lowest BCUT2D eigenvalue weighted by Gasteiger charge is -2.15. The van der Waals surface area contributed by atoms with E-state index in [0.29, 0.717) is 0 Å². The van der Waals surface area contributed by atoms with Crippen LogP contribution < -0.4 is 5.32 Å². The monoisotopic (exact) mass is 252 g/mol. The molecule has 0 aromatic carbocycles. The fourth-order valence-corrected chi connectivity index (χ4v) is 2.11. The molecule has 1 N–H and O–H groups in total. The number of aryl methyl sites for hydroxylation is 1. The number of hydrogen-bond acceptors (Lipinski definition) is 3. The highest BCUT2D eigenvalue weighted by Gasteiger charge is 2.01. The first kappa shape index (κ1) is 15.2. The Kier molecular flexibility index (Phi) is 7.69. The van der Waals surface area contributed by atoms with Crippen LogP contribution in [0.1, 0.15) is 38.2 Å². The molecule has 0 unspecified atom stereocenters. The van der Waals surface area contributed by atoms with Crippen LogP contribution in [-0.4, -0.2) is 41.4 Å². The molecule has 1 rings (SSSR count). The molecule has 0 bridgehead atoms. The van der Waals surface area contributed by atoms with Gasteiger partial charge in [0.25, 0.3) is 0 Å². The van der Waals surface area contributed by atoms with E-state index in [1.54, 1.807) is 0 Å². The molecule has 0 aliphatic carbocycles. The molecule has 0 radical (unpaired) electrons. The van der Waals surface area contributed by atoms with Gasteiger partial charge in [-0.15, -0.1) is 0 Å². The fourth-order valence-electron chi connectivity index (χ4n) is 2.11. The summed E-state index contributed by atoms with van der Waals surface area (Å²) in [6, 6.07) is 0. The molecule has 1 heterocycles. The van der Waals surface area contributed by atoms with E-state index >= 15 is 0 Å². The minimum atomic E-state index is 1.01. The number of unbranched alkanes of at least 4 members (excludes halogenated alkanes) is 3. The minimum absolute atomic E-state index is 1.01. The third-order valence-electron chi connectivity index (χ3n) is 3.10. The van der Waals surface area contributed by atoms with Crippen LogP contribution >= 0.6 is 0 Å². The van der Waals surface area contributed by atoms with E-state index < -0.39 is 0 Å². The molecular formula is C14H28N4. The van der Waals surface area contributed by atoms with Crippen LogP contribution in [0.5, 0.6) is 0 Å². The second kappa shape index (κ2) is 9.11. The second-order valence-corrected chi connectivity index (χ2v) is 5.03. The predicted molar refractivity (Wildman–Crippen MR) is 76.6 cm³/mol. The number of aromatic nitrogens is 2. The van der Waals surface area contributed by atoms with Crippen LogP contribution in [0.4, 0.5) is 0 Å². The maximum atomic E-state index is 4.19. The summed E-state index contributed by atoms with van der Waals surface area (Å²) in [5.74, 6) is 0. The highest BCUT2D eigenvalue weighted by Crippen LogP contribution is 2.04. The van der Waals surface area contributed by atoms with Gasteiger partial charge in [0, 0.05) is 25.4 Å². The Morgan fingerprint density at radius 3 is 2.72 bits per heavy atom. The van der Waals surface area contributed by atoms with E-state index in [1.165, 1.54) is 44.3 Å². The first-order chi connectivity index (χ1) is 8.72. The van der Waals surface area contributed by atoms with Crippen molar-refractivity contribution < 1.29 is 0 Å². The van der Waals surface area contributed by atoms with Crippen molar-refractivity contribution in [3.63, 3.8) is 0 Å². The number of nitrogens with zero attached hydrogens (tertiary/aromatic N) is 3. The third kappa shape index (κ3) is 6.77. The zero-order chi connectivity index (χ0) is 13.2. The predicted octanol–water partition coefficient (Wildman–Crippen LogP) is 2.02. The summed E-state index contributed by atoms with van der Waals surface area (Å²) in [4.78, 5) is 2.38. The Bertz CT molecular complexity index is 308. The van der Waals surface area contributed by atoms with Crippen molar-refractivity contribution in [1.82, 2.24) is 20.0 Å². The summed E-state index contributed by atoms with van der Waals surface area (Å²) in [5.41, 5.74) is 1.30. The molecular weight excluding hydrogens is 224 g/mol. The van der Waals surface area contributed by atoms with Crippen molar-refractivity contribution in [3.8, 4) is 0 Å². The normalized spacial score (nSPS) is 11.3. The average molecular weight is 252 g/mol. The van der Waals surface area contributed by atoms with Gasteiger partial charge >= 0.3 is 0 Å². The first-order valence-corrected chi connectivity index (χ1v) is 7.09. The van der Waals surface area contributed by atoms with Crippen LogP contribution in [0.3, 0.4) is 0 Å². The summed E-state index contributed by atoms with van der Waals surface area (Å²) < 4.78 is 1.86. The summed E-state index contributed by atoms with van der Waals surface area (Å²) in [6.07, 6.45) is 9.32. The Balaban J connectivity index is 1.98. The largest absolute Gasteiger partial charge is 0.317 e. The van der Waals surface area contributed by atoms with Crippen molar-refractivity contribution >= 4 is 0 Å². The van der Waals surface area contributed by atoms with Gasteiger partial charge in [-0.1, -0.05) is 19.8 Å². The molecule has 0 aliphatic rings. The van der Waals surface area contributed by atoms with E-state index in [9.17, 15) is 0 Å². The molecule has 0 fully saturated rings. The zero-order valence-electron chi connectivity index (χ0n) is 12.2. The molecule has 0 atom stereocenters. The molecule has 0 aliphatic heterocycles. The van der Waals surface area contributed by atoms with Crippen LogP contribution in [0.25, 0.3) is 0 Å². The lowest BCUT2D eigenvalue weighted by molar-refractivity contribution is 0.316. The smallest absolute Gasteiger partial charge is 0.0534 e. The van der Waals surface area contributed by atoms with Gasteiger partial charge in [-0.05, 0) is 39.5 Å². The highest BCUT2D eigenvalue weighted by atomic mass is 15.2. The lowest BCUT2D eigenvalue weighted by atomic mass is 10.2. The van der Waals surface area contributed by atoms with Crippen LogP contribution in [0.15, 0.2) is 12.4 Å². The second-order valence-electron chi connectivity index (χ2n) is 5.03. The molecule has 18 heavy (non-hydrogen) atoms. The standard InChI is InChI=1S/C14H28N4/c1-4-15-9-7-5-6-8-10-17(2)12-14-11-16-18(3)13-14/h11,13,15H,4-10,12H2,1-3H3. The molecule has 0 saturated heterocycles. The molecule has 1 aromatic rings. The summed E-state index contributed by atoms with van der Waals surface area (Å²) in [7, 11) is 4.15. The van der Waals surface area contributed by atoms with Gasteiger partial charge in [0.2, 0.25) is 0 Å². The Morgan fingerprint density at radius 2 is 2.06 bits per heavy atom. The topological polar surface area (TPSA) is 33.1 Å². The van der Waals surface area contributed by atoms with E-state index in [-0.39, 0.29) is 0 Å². The molecule has 0 amide bonds. The van der Waals surface area contributed by atoms with Gasteiger partial charge in [-0.2, -0.15) is 5.10 Å². The first-order valence-electron chi connectivity index (χ1n) is 7.09. The Labute approximate surface area is 111 Å². The lowest BCUT2D eigenvalue weighted by Crippen LogP contribution is -2.19. The minimum Gasteiger partial charge on any atom is -0.317 e. The molecule has 0 spiro atoms. The van der Waals surface area contributed by atoms with Gasteiger partial charge in [0.1, 0.15) is 0 Å². The van der Waals surface area contributed by atoms with Crippen molar-refractivity contribution in [2.45, 2.75) is 39.2 Å². The maximum Gasteiger partial charge on any atom is 0.0534 e. The molecule has 4 nitrogen and oxygen atoms in total. The van der Waals surface area contributed by atoms with Gasteiger partial charge in [0.05, 0.1) is 6.20 Å². The SMILES string of the molecule is CCNCCCCCCN(C)Cc1cnn(C)c1. The van der Waals surface area contributed by atoms with E-state index in [2.05, 4.69) is 35.5 Å². The fraction of sp³-hybridized carbons (Fsp3) is 0.786. The number of hydrogen-bond donors (Lipinski definition) is 1. The quantitative estimate of drug-likeness (QED) is 0.647. The zero-order valence-corrected chi connectivity index (χ0v) is 12.2. The van der Waals surface area contributed by atoms with Gasteiger partial charge in [-0.25, -0.2) is 0 Å². The number of nitrogens with one attached hydrogen (secondary N) is 1. The average Bonchev–Trinajstić information content (AvgIpc) is 2.73. The molecule has 0 saturated carbocycles. The summed E-state index contributed by atoms with van der Waals surface area (Å²) in [6.45, 7) is 6.60. The number of rotatable bonds is 10. The molecule has 104 valence electrons. The van der Waals surface area contributed by atoms with Gasteiger partial charge in [0.15, 0.2) is 0 Å². The van der Waals surface area contributed by atoms with Crippen molar-refractivity contribution in [2.75, 3.05) is 26.7 Å². The highest BCUT2D eigenvalue weighted by molar-refractivity contribution is 5.02. The molecule has 1 aromatic heterocycles. The maximum absolute atomic E-state index is 4.19. The van der Waals surface area contributed by atoms with Gasteiger partial charge in [-0.3, -0.25) is 4.68 Å². The van der Waals surface area contributed by atoms with Crippen molar-refractivity contribution in [1.29, 1.82) is 0 Å². The van der Waals surface area contributed by atoms with Crippen molar-refractivity contribution in [3.05, 3.63) is 18.0 Å². The Hall–Kier alpha value is -0.870. The van der Waals surface area contributed by atoms with E-state index in [0.717, 1.165) is 13.1 Å². The van der Waals surface area contributed by atoms with E-state index in [4.69, 9.17) is 0 Å². The van der Waals surface area contributed by atoms with Crippen LogP contribution in [0.2, 0.25) is 0 Å². The van der Waals surface area contributed by atoms with Crippen LogP contribution in [-0.2, 0) is 13.6 Å². The van der Waals surface area contributed by atoms with E-state index in [1.807, 2.05) is 17.9 Å².